The van der Waals surface area contributed by atoms with Gasteiger partial charge >= 0.3 is 0 Å². The molecule has 0 aliphatic carbocycles. The fourth-order valence-electron chi connectivity index (χ4n) is 4.76. The van der Waals surface area contributed by atoms with Crippen LogP contribution < -0.4 is 0 Å². The summed E-state index contributed by atoms with van der Waals surface area (Å²) in [5.74, 6) is 2.52. The minimum atomic E-state index is -2.33. The molecule has 6 unspecified atom stereocenters. The summed E-state index contributed by atoms with van der Waals surface area (Å²) in [6.07, 6.45) is 1.19. The van der Waals surface area contributed by atoms with Gasteiger partial charge in [0.1, 0.15) is 0 Å². The molecule has 17 heteroatoms. The molecule has 47 heavy (non-hydrogen) atoms. The largest absolute Gasteiger partial charge is 0.431 e. The van der Waals surface area contributed by atoms with Gasteiger partial charge in [-0.15, -0.1) is 0 Å². The van der Waals surface area contributed by atoms with Gasteiger partial charge in [-0.3, -0.25) is 0 Å². The van der Waals surface area contributed by atoms with Crippen molar-refractivity contribution in [1.82, 2.24) is 0 Å². The van der Waals surface area contributed by atoms with Gasteiger partial charge in [0, 0.05) is 19.1 Å². The van der Waals surface area contributed by atoms with Crippen LogP contribution >= 0.6 is 53.3 Å². The van der Waals surface area contributed by atoms with Gasteiger partial charge in [0.25, 0.3) is 0 Å². The van der Waals surface area contributed by atoms with Crippen molar-refractivity contribution in [3.8, 4) is 0 Å². The molecule has 0 heterocycles. The third-order valence-corrected chi connectivity index (χ3v) is 84.1. The Kier molecular flexibility index (Phi) is 20.1. The Morgan fingerprint density at radius 3 is 0.979 bits per heavy atom. The van der Waals surface area contributed by atoms with Crippen molar-refractivity contribution in [2.75, 3.05) is 11.5 Å². The second-order valence-electron chi connectivity index (χ2n) is 18.6. The minimum Gasteiger partial charge on any atom is -0.431 e. The van der Waals surface area contributed by atoms with Gasteiger partial charge in [-0.25, -0.2) is 0 Å². The smallest absolute Gasteiger partial charge is 0.192 e. The molecule has 0 amide bonds. The monoisotopic (exact) mass is 888 g/mol. The summed E-state index contributed by atoms with van der Waals surface area (Å²) in [5, 5.41) is 0. The maximum Gasteiger partial charge on any atom is 0.192 e. The lowest BCUT2D eigenvalue weighted by molar-refractivity contribution is 0.522. The lowest BCUT2D eigenvalue weighted by Gasteiger charge is -2.49. The van der Waals surface area contributed by atoms with Gasteiger partial charge < -0.3 is 19.2 Å². The van der Waals surface area contributed by atoms with Crippen LogP contribution in [0.2, 0.25) is 90.7 Å². The summed E-state index contributed by atoms with van der Waals surface area (Å²) >= 11 is 4.54. The summed E-state index contributed by atoms with van der Waals surface area (Å²) in [7, 11) is -10.4. The molecular weight excluding hydrogens is 809 g/mol. The van der Waals surface area contributed by atoms with Gasteiger partial charge in [-0.2, -0.15) is 22.4 Å². The first-order valence-corrected chi connectivity index (χ1v) is 49.5. The van der Waals surface area contributed by atoms with Crippen molar-refractivity contribution < 1.29 is 19.2 Å². The SMILES string of the molecule is C[SiH](CCCS[Si](C)(C)SCCC[SiH](C)P(PC(C)(C)[Si](C)(C)O)C(C)(C)[Si](C)(C)O)P(PC(C)(C)[Si](C)(C)O)C(C)(C)[Si](C)(C)O. The molecule has 0 spiro atoms. The average Bonchev–Trinajstić information content (AvgIpc) is 2.83. The van der Waals surface area contributed by atoms with E-state index < -0.39 is 56.6 Å². The van der Waals surface area contributed by atoms with Crippen molar-refractivity contribution in [2.45, 2.75) is 178 Å². The molecular formula is C30H80O4P4S2Si7. The zero-order valence-corrected chi connectivity index (χ0v) is 47.1. The van der Waals surface area contributed by atoms with E-state index in [0.717, 1.165) is 16.5 Å². The molecule has 0 aromatic heterocycles. The second kappa shape index (κ2) is 18.6. The van der Waals surface area contributed by atoms with Crippen LogP contribution in [0.1, 0.15) is 68.2 Å². The Hall–Kier alpha value is 3.78. The van der Waals surface area contributed by atoms with E-state index in [1.165, 1.54) is 36.4 Å². The standard InChI is InChI=1S/C30H80O4P4S2Si7/c1-27(2,43(11,12)31)35-37(29(5,6)45(15,16)33)41(9)25-21-23-39-47(19,20)40-24-22-26-42(10)38(30(7,8)46(17,18)34)36-28(3,4)44(13,14)32/h31-36,41-42H,21-26H2,1-20H3. The normalized spacial score (nSPS) is 18.4. The van der Waals surface area contributed by atoms with Crippen LogP contribution in [0.3, 0.4) is 0 Å². The Labute approximate surface area is 316 Å². The van der Waals surface area contributed by atoms with Crippen molar-refractivity contribution in [1.29, 1.82) is 0 Å². The van der Waals surface area contributed by atoms with Gasteiger partial charge in [0.05, 0.1) is 16.9 Å². The molecule has 0 aromatic carbocycles. The van der Waals surface area contributed by atoms with Crippen molar-refractivity contribution in [3.05, 3.63) is 0 Å². The van der Waals surface area contributed by atoms with E-state index in [9.17, 15) is 19.2 Å². The lowest BCUT2D eigenvalue weighted by atomic mass is 10.5. The van der Waals surface area contributed by atoms with E-state index in [1.54, 1.807) is 0 Å². The Bertz CT molecular complexity index is 894. The molecule has 0 aliphatic heterocycles. The van der Waals surface area contributed by atoms with Crippen molar-refractivity contribution in [3.63, 3.8) is 0 Å². The van der Waals surface area contributed by atoms with E-state index in [4.69, 9.17) is 0 Å². The molecule has 6 atom stereocenters. The summed E-state index contributed by atoms with van der Waals surface area (Å²) in [6.45, 7) is 45.9. The first kappa shape index (κ1) is 50.8. The molecule has 0 fully saturated rings. The summed E-state index contributed by atoms with van der Waals surface area (Å²) in [6, 6.07) is 2.71. The van der Waals surface area contributed by atoms with Crippen LogP contribution in [0.4, 0.5) is 0 Å². The molecule has 4 nitrogen and oxygen atoms in total. The maximum atomic E-state index is 11.4. The van der Waals surface area contributed by atoms with Crippen LogP contribution in [0.15, 0.2) is 0 Å². The fourth-order valence-corrected chi connectivity index (χ4v) is 79.7. The topological polar surface area (TPSA) is 80.9 Å². The fraction of sp³-hybridized carbons (Fsp3) is 1.00. The molecule has 0 aromatic rings. The van der Waals surface area contributed by atoms with Crippen LogP contribution in [0.25, 0.3) is 0 Å². The molecule has 0 saturated carbocycles. The highest BCUT2D eigenvalue weighted by Gasteiger charge is 2.51. The molecule has 0 rings (SSSR count). The third-order valence-electron chi connectivity index (χ3n) is 11.4. The minimum absolute atomic E-state index is 0.00149. The number of rotatable bonds is 22. The Balaban J connectivity index is 5.31. The van der Waals surface area contributed by atoms with E-state index in [-0.39, 0.29) is 33.4 Å². The molecule has 284 valence electrons. The quantitative estimate of drug-likeness (QED) is 0.0493. The average molecular weight is 890 g/mol. The van der Waals surface area contributed by atoms with E-state index >= 15 is 0 Å². The number of hydrogen-bond acceptors (Lipinski definition) is 6. The van der Waals surface area contributed by atoms with Crippen molar-refractivity contribution in [2.24, 2.45) is 0 Å². The Morgan fingerprint density at radius 2 is 0.766 bits per heavy atom. The van der Waals surface area contributed by atoms with Gasteiger partial charge in [-0.05, 0) is 76.7 Å². The summed E-state index contributed by atoms with van der Waals surface area (Å²) in [4.78, 5) is 45.0. The van der Waals surface area contributed by atoms with E-state index in [1.807, 2.05) is 0 Å². The van der Waals surface area contributed by atoms with Gasteiger partial charge in [0.2, 0.25) is 0 Å². The van der Waals surface area contributed by atoms with Gasteiger partial charge in [0.15, 0.2) is 39.6 Å². The summed E-state index contributed by atoms with van der Waals surface area (Å²) < 4.78 is 0.0485. The van der Waals surface area contributed by atoms with Crippen LogP contribution in [-0.2, 0) is 0 Å². The molecule has 0 aliphatic rings. The highest BCUT2D eigenvalue weighted by molar-refractivity contribution is 8.58. The van der Waals surface area contributed by atoms with Crippen LogP contribution in [0, 0.1) is 0 Å². The molecule has 0 radical (unpaired) electrons. The molecule has 0 bridgehead atoms. The molecule has 4 N–H and O–H groups in total. The van der Waals surface area contributed by atoms with Gasteiger partial charge in [-0.1, -0.05) is 125 Å². The third kappa shape index (κ3) is 15.4. The van der Waals surface area contributed by atoms with Crippen molar-refractivity contribution >= 4 is 110 Å². The van der Waals surface area contributed by atoms with Crippen LogP contribution in [0.5, 0.6) is 0 Å². The highest BCUT2D eigenvalue weighted by atomic mass is 32.6. The lowest BCUT2D eigenvalue weighted by Crippen LogP contribution is -2.52. The first-order valence-electron chi connectivity index (χ1n) is 17.8. The predicted octanol–water partition coefficient (Wildman–Crippen LogP) is 10.9. The zero-order chi connectivity index (χ0) is 37.9. The highest BCUT2D eigenvalue weighted by Crippen LogP contribution is 2.74. The zero-order valence-electron chi connectivity index (χ0n) is 34.4. The number of hydrogen-bond donors (Lipinski definition) is 4. The second-order valence-corrected chi connectivity index (χ2v) is 77.7. The molecule has 0 saturated heterocycles. The summed E-state index contributed by atoms with van der Waals surface area (Å²) in [5.41, 5.74) is 0. The first-order chi connectivity index (χ1) is 20.4. The Morgan fingerprint density at radius 1 is 0.511 bits per heavy atom. The van der Waals surface area contributed by atoms with E-state index in [2.05, 4.69) is 156 Å². The predicted molar refractivity (Wildman–Crippen MR) is 253 cm³/mol. The maximum absolute atomic E-state index is 11.4. The van der Waals surface area contributed by atoms with Crippen LogP contribution in [-0.4, -0.2) is 106 Å². The van der Waals surface area contributed by atoms with E-state index in [0.29, 0.717) is 0 Å².